The van der Waals surface area contributed by atoms with E-state index in [2.05, 4.69) is 15.2 Å². The van der Waals surface area contributed by atoms with Crippen LogP contribution in [0.1, 0.15) is 0 Å². The van der Waals surface area contributed by atoms with Crippen molar-refractivity contribution in [1.29, 1.82) is 0 Å². The molecule has 0 saturated heterocycles. The number of anilines is 1. The van der Waals surface area contributed by atoms with Gasteiger partial charge in [-0.15, -0.1) is 0 Å². The normalized spacial score (nSPS) is 10.7. The Bertz CT molecular complexity index is 621. The molecule has 0 aliphatic carbocycles. The second-order valence-corrected chi connectivity index (χ2v) is 4.10. The van der Waals surface area contributed by atoms with Crippen molar-refractivity contribution >= 4 is 5.82 Å². The molecule has 2 heterocycles. The molecule has 0 aliphatic heterocycles. The molecule has 5 heteroatoms. The molecule has 0 atom stereocenters. The standard InChI is InChI=1S/C13H13N5/c1-18-7-6-15-13(18)10-5-3-2-4-9(10)11-8-16-17-12(11)14/h2-8H,1H3,(H3,14,16,17). The number of nitrogens with zero attached hydrogens (tertiary/aromatic N) is 3. The van der Waals surface area contributed by atoms with Gasteiger partial charge in [0.15, 0.2) is 0 Å². The zero-order valence-electron chi connectivity index (χ0n) is 9.96. The van der Waals surface area contributed by atoms with Crippen LogP contribution in [0.4, 0.5) is 5.82 Å². The summed E-state index contributed by atoms with van der Waals surface area (Å²) in [6, 6.07) is 8.02. The van der Waals surface area contributed by atoms with Crippen molar-refractivity contribution in [1.82, 2.24) is 19.7 Å². The first-order valence-electron chi connectivity index (χ1n) is 5.63. The van der Waals surface area contributed by atoms with Crippen molar-refractivity contribution in [2.75, 3.05) is 5.73 Å². The maximum absolute atomic E-state index is 5.89. The number of nitrogen functional groups attached to an aromatic ring is 1. The summed E-state index contributed by atoms with van der Waals surface area (Å²) in [6.07, 6.45) is 5.44. The first-order valence-corrected chi connectivity index (χ1v) is 5.63. The van der Waals surface area contributed by atoms with Crippen LogP contribution in [0.2, 0.25) is 0 Å². The van der Waals surface area contributed by atoms with Gasteiger partial charge < -0.3 is 10.3 Å². The highest BCUT2D eigenvalue weighted by atomic mass is 15.1. The van der Waals surface area contributed by atoms with Gasteiger partial charge in [0.2, 0.25) is 0 Å². The zero-order valence-corrected chi connectivity index (χ0v) is 9.96. The van der Waals surface area contributed by atoms with E-state index in [1.165, 1.54) is 0 Å². The topological polar surface area (TPSA) is 72.5 Å². The number of imidazole rings is 1. The molecule has 2 aromatic heterocycles. The van der Waals surface area contributed by atoms with Gasteiger partial charge in [-0.25, -0.2) is 4.98 Å². The molecule has 3 aromatic rings. The highest BCUT2D eigenvalue weighted by Crippen LogP contribution is 2.32. The van der Waals surface area contributed by atoms with E-state index in [0.29, 0.717) is 5.82 Å². The number of H-pyrrole nitrogens is 1. The average molecular weight is 239 g/mol. The van der Waals surface area contributed by atoms with Crippen molar-refractivity contribution in [3.63, 3.8) is 0 Å². The number of nitrogens with two attached hydrogens (primary N) is 1. The maximum atomic E-state index is 5.89. The lowest BCUT2D eigenvalue weighted by atomic mass is 10.0. The van der Waals surface area contributed by atoms with Crippen LogP contribution in [0.3, 0.4) is 0 Å². The summed E-state index contributed by atoms with van der Waals surface area (Å²) in [6.45, 7) is 0. The maximum Gasteiger partial charge on any atom is 0.140 e. The Balaban J connectivity index is 2.24. The summed E-state index contributed by atoms with van der Waals surface area (Å²) in [5, 5.41) is 6.72. The Hall–Kier alpha value is -2.56. The molecule has 1 aromatic carbocycles. The second kappa shape index (κ2) is 4.03. The van der Waals surface area contributed by atoms with Gasteiger partial charge in [0.25, 0.3) is 0 Å². The Morgan fingerprint density at radius 1 is 1.17 bits per heavy atom. The number of hydrogen-bond acceptors (Lipinski definition) is 3. The number of benzene rings is 1. The minimum Gasteiger partial charge on any atom is -0.384 e. The molecule has 0 fully saturated rings. The van der Waals surface area contributed by atoms with Crippen LogP contribution < -0.4 is 5.73 Å². The third-order valence-electron chi connectivity index (χ3n) is 2.95. The monoisotopic (exact) mass is 239 g/mol. The summed E-state index contributed by atoms with van der Waals surface area (Å²) in [5.74, 6) is 1.47. The van der Waals surface area contributed by atoms with Crippen molar-refractivity contribution < 1.29 is 0 Å². The van der Waals surface area contributed by atoms with Crippen molar-refractivity contribution in [3.8, 4) is 22.5 Å². The average Bonchev–Trinajstić information content (AvgIpc) is 2.98. The molecule has 90 valence electrons. The summed E-state index contributed by atoms with van der Waals surface area (Å²) < 4.78 is 1.98. The van der Waals surface area contributed by atoms with Gasteiger partial charge >= 0.3 is 0 Å². The molecular formula is C13H13N5. The third-order valence-corrected chi connectivity index (χ3v) is 2.95. The van der Waals surface area contributed by atoms with Gasteiger partial charge in [-0.05, 0) is 5.56 Å². The second-order valence-electron chi connectivity index (χ2n) is 4.10. The van der Waals surface area contributed by atoms with Gasteiger partial charge in [0.1, 0.15) is 11.6 Å². The molecule has 3 N–H and O–H groups in total. The molecule has 0 unspecified atom stereocenters. The third kappa shape index (κ3) is 1.57. The molecule has 0 amide bonds. The Labute approximate surface area is 104 Å². The van der Waals surface area contributed by atoms with Gasteiger partial charge in [-0.1, -0.05) is 24.3 Å². The minimum absolute atomic E-state index is 0.566. The Kier molecular flexibility index (Phi) is 2.37. The molecule has 3 rings (SSSR count). The first kappa shape index (κ1) is 10.6. The molecule has 0 saturated carbocycles. The fraction of sp³-hybridized carbons (Fsp3) is 0.0769. The minimum atomic E-state index is 0.566. The van der Waals surface area contributed by atoms with Gasteiger partial charge in [-0.3, -0.25) is 5.10 Å². The fourth-order valence-electron chi connectivity index (χ4n) is 2.05. The zero-order chi connectivity index (χ0) is 12.5. The van der Waals surface area contributed by atoms with E-state index in [0.717, 1.165) is 22.5 Å². The molecular weight excluding hydrogens is 226 g/mol. The summed E-state index contributed by atoms with van der Waals surface area (Å²) >= 11 is 0. The van der Waals surface area contributed by atoms with E-state index in [4.69, 9.17) is 5.73 Å². The fourth-order valence-corrected chi connectivity index (χ4v) is 2.05. The molecule has 0 aliphatic rings. The van der Waals surface area contributed by atoms with E-state index < -0.39 is 0 Å². The smallest absolute Gasteiger partial charge is 0.140 e. The van der Waals surface area contributed by atoms with Crippen LogP contribution in [-0.4, -0.2) is 19.7 Å². The van der Waals surface area contributed by atoms with Crippen LogP contribution in [0.5, 0.6) is 0 Å². The van der Waals surface area contributed by atoms with Crippen LogP contribution in [0.15, 0.2) is 42.9 Å². The van der Waals surface area contributed by atoms with Crippen LogP contribution in [-0.2, 0) is 7.05 Å². The van der Waals surface area contributed by atoms with E-state index in [1.54, 1.807) is 12.4 Å². The number of nitrogens with one attached hydrogen (secondary N) is 1. The predicted molar refractivity (Wildman–Crippen MR) is 70.6 cm³/mol. The van der Waals surface area contributed by atoms with Crippen molar-refractivity contribution in [3.05, 3.63) is 42.9 Å². The number of rotatable bonds is 2. The molecule has 0 spiro atoms. The Morgan fingerprint density at radius 2 is 1.94 bits per heavy atom. The molecule has 18 heavy (non-hydrogen) atoms. The highest BCUT2D eigenvalue weighted by molar-refractivity contribution is 5.85. The quantitative estimate of drug-likeness (QED) is 0.719. The van der Waals surface area contributed by atoms with Gasteiger partial charge in [0.05, 0.1) is 6.20 Å². The van der Waals surface area contributed by atoms with Gasteiger partial charge in [0, 0.05) is 30.6 Å². The van der Waals surface area contributed by atoms with E-state index in [1.807, 2.05) is 42.1 Å². The molecule has 0 bridgehead atoms. The molecule has 5 nitrogen and oxygen atoms in total. The lowest BCUT2D eigenvalue weighted by Gasteiger charge is -2.08. The number of aromatic nitrogens is 4. The van der Waals surface area contributed by atoms with E-state index in [9.17, 15) is 0 Å². The van der Waals surface area contributed by atoms with Crippen LogP contribution >= 0.6 is 0 Å². The Morgan fingerprint density at radius 3 is 2.56 bits per heavy atom. The van der Waals surface area contributed by atoms with Gasteiger partial charge in [-0.2, -0.15) is 5.10 Å². The number of aromatic amines is 1. The first-order chi connectivity index (χ1) is 8.77. The SMILES string of the molecule is Cn1ccnc1-c1ccccc1-c1cn[nH]c1N. The summed E-state index contributed by atoms with van der Waals surface area (Å²) in [5.41, 5.74) is 8.85. The van der Waals surface area contributed by atoms with E-state index >= 15 is 0 Å². The lowest BCUT2D eigenvalue weighted by Crippen LogP contribution is -1.95. The predicted octanol–water partition coefficient (Wildman–Crippen LogP) is 2.06. The highest BCUT2D eigenvalue weighted by Gasteiger charge is 2.13. The lowest BCUT2D eigenvalue weighted by molar-refractivity contribution is 0.925. The van der Waals surface area contributed by atoms with Crippen LogP contribution in [0, 0.1) is 0 Å². The number of hydrogen-bond donors (Lipinski definition) is 2. The van der Waals surface area contributed by atoms with E-state index in [-0.39, 0.29) is 0 Å². The van der Waals surface area contributed by atoms with Crippen molar-refractivity contribution in [2.45, 2.75) is 0 Å². The molecule has 0 radical (unpaired) electrons. The largest absolute Gasteiger partial charge is 0.384 e. The summed E-state index contributed by atoms with van der Waals surface area (Å²) in [7, 11) is 1.97. The van der Waals surface area contributed by atoms with Crippen molar-refractivity contribution in [2.24, 2.45) is 7.05 Å². The van der Waals surface area contributed by atoms with Crippen LogP contribution in [0.25, 0.3) is 22.5 Å². The number of aryl methyl sites for hydroxylation is 1. The summed E-state index contributed by atoms with van der Waals surface area (Å²) in [4.78, 5) is 4.38.